The van der Waals surface area contributed by atoms with Crippen LogP contribution in [0.15, 0.2) is 49.3 Å². The van der Waals surface area contributed by atoms with Gasteiger partial charge in [-0.3, -0.25) is 4.79 Å². The van der Waals surface area contributed by atoms with Gasteiger partial charge < -0.3 is 15.0 Å². The highest BCUT2D eigenvalue weighted by molar-refractivity contribution is 5.94. The number of carbonyl (C=O) groups excluding carboxylic acids is 1. The van der Waals surface area contributed by atoms with Crippen LogP contribution in [0.3, 0.4) is 0 Å². The van der Waals surface area contributed by atoms with Crippen molar-refractivity contribution in [3.8, 4) is 11.6 Å². The Morgan fingerprint density at radius 2 is 2.07 bits per heavy atom. The predicted molar refractivity (Wildman–Crippen MR) is 104 cm³/mol. The van der Waals surface area contributed by atoms with Gasteiger partial charge in [-0.15, -0.1) is 0 Å². The SMILES string of the molecule is COc1ccccc1NC(=O)C1CCCN(c2cc(-n3cncn3)ncn2)C1. The maximum Gasteiger partial charge on any atom is 0.229 e. The summed E-state index contributed by atoms with van der Waals surface area (Å²) in [5.74, 6) is 1.92. The normalized spacial score (nSPS) is 16.6. The zero-order valence-corrected chi connectivity index (χ0v) is 15.5. The molecule has 1 unspecified atom stereocenters. The Morgan fingerprint density at radius 3 is 2.89 bits per heavy atom. The van der Waals surface area contributed by atoms with Crippen molar-refractivity contribution in [2.24, 2.45) is 5.92 Å². The van der Waals surface area contributed by atoms with Crippen molar-refractivity contribution < 1.29 is 9.53 Å². The zero-order chi connectivity index (χ0) is 19.3. The summed E-state index contributed by atoms with van der Waals surface area (Å²) in [5, 5.41) is 7.09. The van der Waals surface area contributed by atoms with Gasteiger partial charge in [-0.05, 0) is 25.0 Å². The molecule has 4 rings (SSSR count). The number of ether oxygens (including phenoxy) is 1. The molecule has 0 radical (unpaired) electrons. The van der Waals surface area contributed by atoms with Gasteiger partial charge >= 0.3 is 0 Å². The number of rotatable bonds is 5. The molecule has 1 aliphatic heterocycles. The summed E-state index contributed by atoms with van der Waals surface area (Å²) < 4.78 is 6.90. The number of nitrogens with one attached hydrogen (secondary N) is 1. The van der Waals surface area contributed by atoms with Crippen LogP contribution in [0.5, 0.6) is 5.75 Å². The predicted octanol–water partition coefficient (Wildman–Crippen LogP) is 1.92. The molecule has 0 spiro atoms. The molecule has 3 aromatic rings. The molecule has 3 heterocycles. The summed E-state index contributed by atoms with van der Waals surface area (Å²) >= 11 is 0. The van der Waals surface area contributed by atoms with Gasteiger partial charge in [0.2, 0.25) is 5.91 Å². The van der Waals surface area contributed by atoms with Crippen LogP contribution >= 0.6 is 0 Å². The van der Waals surface area contributed by atoms with Crippen LogP contribution in [0.4, 0.5) is 11.5 Å². The van der Waals surface area contributed by atoms with E-state index in [4.69, 9.17) is 4.74 Å². The Labute approximate surface area is 162 Å². The maximum atomic E-state index is 12.8. The molecular weight excluding hydrogens is 358 g/mol. The average Bonchev–Trinajstić information content (AvgIpc) is 3.29. The van der Waals surface area contributed by atoms with Crippen LogP contribution in [0, 0.1) is 5.92 Å². The average molecular weight is 379 g/mol. The Bertz CT molecular complexity index is 945. The Balaban J connectivity index is 1.47. The van der Waals surface area contributed by atoms with E-state index in [0.717, 1.165) is 25.2 Å². The molecule has 0 bridgehead atoms. The van der Waals surface area contributed by atoms with Gasteiger partial charge in [0.15, 0.2) is 5.82 Å². The molecule has 1 atom stereocenters. The van der Waals surface area contributed by atoms with E-state index in [0.29, 0.717) is 23.8 Å². The molecule has 1 N–H and O–H groups in total. The van der Waals surface area contributed by atoms with Gasteiger partial charge in [-0.2, -0.15) is 5.10 Å². The second-order valence-corrected chi connectivity index (χ2v) is 6.55. The van der Waals surface area contributed by atoms with E-state index in [-0.39, 0.29) is 11.8 Å². The summed E-state index contributed by atoms with van der Waals surface area (Å²) in [6, 6.07) is 9.27. The second-order valence-electron chi connectivity index (χ2n) is 6.55. The molecule has 144 valence electrons. The van der Waals surface area contributed by atoms with Crippen molar-refractivity contribution in [3.63, 3.8) is 0 Å². The third kappa shape index (κ3) is 3.78. The van der Waals surface area contributed by atoms with Crippen LogP contribution in [0.25, 0.3) is 5.82 Å². The van der Waals surface area contributed by atoms with Gasteiger partial charge in [0.25, 0.3) is 0 Å². The fraction of sp³-hybridized carbons (Fsp3) is 0.316. The lowest BCUT2D eigenvalue weighted by Crippen LogP contribution is -2.41. The molecule has 2 aromatic heterocycles. The highest BCUT2D eigenvalue weighted by atomic mass is 16.5. The topological polar surface area (TPSA) is 98.1 Å². The Kier molecular flexibility index (Phi) is 5.14. The van der Waals surface area contributed by atoms with E-state index in [2.05, 4.69) is 30.3 Å². The molecule has 1 saturated heterocycles. The zero-order valence-electron chi connectivity index (χ0n) is 15.5. The molecular formula is C19H21N7O2. The van der Waals surface area contributed by atoms with Crippen molar-refractivity contribution in [1.29, 1.82) is 0 Å². The third-order valence-electron chi connectivity index (χ3n) is 4.77. The minimum absolute atomic E-state index is 0.0141. The van der Waals surface area contributed by atoms with Crippen LogP contribution in [-0.2, 0) is 4.79 Å². The van der Waals surface area contributed by atoms with Gasteiger partial charge in [-0.25, -0.2) is 19.6 Å². The van der Waals surface area contributed by atoms with Gasteiger partial charge in [0.05, 0.1) is 18.7 Å². The van der Waals surface area contributed by atoms with E-state index in [1.165, 1.54) is 12.7 Å². The van der Waals surface area contributed by atoms with Crippen LogP contribution in [-0.4, -0.2) is 50.8 Å². The number of amides is 1. The monoisotopic (exact) mass is 379 g/mol. The molecule has 9 nitrogen and oxygen atoms in total. The quantitative estimate of drug-likeness (QED) is 0.723. The molecule has 28 heavy (non-hydrogen) atoms. The largest absolute Gasteiger partial charge is 0.495 e. The number of benzene rings is 1. The number of carbonyl (C=O) groups is 1. The number of nitrogens with zero attached hydrogens (tertiary/aromatic N) is 6. The summed E-state index contributed by atoms with van der Waals surface area (Å²) in [6.07, 6.45) is 6.29. The lowest BCUT2D eigenvalue weighted by molar-refractivity contribution is -0.120. The van der Waals surface area contributed by atoms with E-state index in [1.807, 2.05) is 30.3 Å². The first-order valence-corrected chi connectivity index (χ1v) is 9.10. The maximum absolute atomic E-state index is 12.8. The molecule has 1 aromatic carbocycles. The first kappa shape index (κ1) is 17.9. The van der Waals surface area contributed by atoms with Crippen molar-refractivity contribution >= 4 is 17.4 Å². The number of methoxy groups -OCH3 is 1. The van der Waals surface area contributed by atoms with Crippen molar-refractivity contribution in [2.75, 3.05) is 30.4 Å². The molecule has 1 aliphatic rings. The highest BCUT2D eigenvalue weighted by Gasteiger charge is 2.27. The van der Waals surface area contributed by atoms with Gasteiger partial charge in [-0.1, -0.05) is 12.1 Å². The first-order valence-electron chi connectivity index (χ1n) is 9.10. The van der Waals surface area contributed by atoms with Gasteiger partial charge in [0, 0.05) is 19.2 Å². The van der Waals surface area contributed by atoms with Crippen LogP contribution in [0.2, 0.25) is 0 Å². The summed E-state index contributed by atoms with van der Waals surface area (Å²) in [4.78, 5) is 27.5. The van der Waals surface area contributed by atoms with Crippen molar-refractivity contribution in [1.82, 2.24) is 24.7 Å². The number of piperidine rings is 1. The molecule has 0 aliphatic carbocycles. The smallest absolute Gasteiger partial charge is 0.229 e. The van der Waals surface area contributed by atoms with Crippen molar-refractivity contribution in [2.45, 2.75) is 12.8 Å². The first-order chi connectivity index (χ1) is 13.7. The van der Waals surface area contributed by atoms with E-state index < -0.39 is 0 Å². The van der Waals surface area contributed by atoms with Crippen LogP contribution in [0.1, 0.15) is 12.8 Å². The summed E-state index contributed by atoms with van der Waals surface area (Å²) in [6.45, 7) is 1.43. The Hall–Kier alpha value is -3.49. The van der Waals surface area contributed by atoms with E-state index >= 15 is 0 Å². The fourth-order valence-electron chi connectivity index (χ4n) is 3.34. The van der Waals surface area contributed by atoms with Crippen LogP contribution < -0.4 is 15.0 Å². The Morgan fingerprint density at radius 1 is 1.21 bits per heavy atom. The van der Waals surface area contributed by atoms with E-state index in [9.17, 15) is 4.79 Å². The second kappa shape index (κ2) is 8.03. The fourth-order valence-corrected chi connectivity index (χ4v) is 3.34. The number of anilines is 2. The highest BCUT2D eigenvalue weighted by Crippen LogP contribution is 2.27. The van der Waals surface area contributed by atoms with E-state index in [1.54, 1.807) is 18.1 Å². The third-order valence-corrected chi connectivity index (χ3v) is 4.77. The molecule has 9 heteroatoms. The molecule has 1 fully saturated rings. The number of hydrogen-bond donors (Lipinski definition) is 1. The van der Waals surface area contributed by atoms with Gasteiger partial charge in [0.1, 0.15) is 30.5 Å². The molecule has 0 saturated carbocycles. The lowest BCUT2D eigenvalue weighted by Gasteiger charge is -2.33. The van der Waals surface area contributed by atoms with Crippen molar-refractivity contribution in [3.05, 3.63) is 49.3 Å². The summed E-state index contributed by atoms with van der Waals surface area (Å²) in [7, 11) is 1.59. The standard InChI is InChI=1S/C19H21N7O2/c1-28-16-7-3-2-6-15(16)24-19(27)14-5-4-8-25(10-14)17-9-18(22-12-21-17)26-13-20-11-23-26/h2-3,6-7,9,11-14H,4-5,8,10H2,1H3,(H,24,27). The minimum Gasteiger partial charge on any atom is -0.495 e. The lowest BCUT2D eigenvalue weighted by atomic mass is 9.97. The summed E-state index contributed by atoms with van der Waals surface area (Å²) in [5.41, 5.74) is 0.683. The number of aromatic nitrogens is 5. The molecule has 1 amide bonds. The minimum atomic E-state index is -0.136. The number of para-hydroxylation sites is 2. The number of hydrogen-bond acceptors (Lipinski definition) is 7.